The number of alkyl halides is 3. The van der Waals surface area contributed by atoms with Crippen molar-refractivity contribution in [3.05, 3.63) is 81.9 Å². The number of ether oxygens (including phenoxy) is 1. The van der Waals surface area contributed by atoms with Gasteiger partial charge in [0.25, 0.3) is 5.56 Å². The van der Waals surface area contributed by atoms with E-state index in [1.807, 2.05) is 50.6 Å². The molecule has 0 saturated heterocycles. The number of aryl methyl sites for hydroxylation is 1. The molecule has 200 valence electrons. The molecule has 0 amide bonds. The Morgan fingerprint density at radius 3 is 2.50 bits per heavy atom. The lowest BCUT2D eigenvalue weighted by atomic mass is 9.58. The zero-order chi connectivity index (χ0) is 27.5. The Kier molecular flexibility index (Phi) is 6.21. The third kappa shape index (κ3) is 4.62. The van der Waals surface area contributed by atoms with E-state index < -0.39 is 28.5 Å². The Hall–Kier alpha value is -3.53. The minimum Gasteiger partial charge on any atom is -0.371 e. The van der Waals surface area contributed by atoms with Crippen LogP contribution in [-0.4, -0.2) is 29.8 Å². The van der Waals surface area contributed by atoms with Crippen LogP contribution in [0.4, 0.5) is 13.2 Å². The van der Waals surface area contributed by atoms with Gasteiger partial charge >= 0.3 is 6.18 Å². The summed E-state index contributed by atoms with van der Waals surface area (Å²) in [6.07, 6.45) is 1.35. The van der Waals surface area contributed by atoms with Crippen LogP contribution in [0.3, 0.4) is 0 Å². The molecule has 0 spiro atoms. The summed E-state index contributed by atoms with van der Waals surface area (Å²) in [6.45, 7) is 7.54. The molecule has 3 heterocycles. The molecule has 1 fully saturated rings. The van der Waals surface area contributed by atoms with Gasteiger partial charge in [0.05, 0.1) is 28.7 Å². The van der Waals surface area contributed by atoms with Gasteiger partial charge < -0.3 is 9.30 Å². The molecule has 1 saturated carbocycles. The maximum atomic E-state index is 13.9. The summed E-state index contributed by atoms with van der Waals surface area (Å²) in [7, 11) is 1.91. The van der Waals surface area contributed by atoms with Crippen molar-refractivity contribution >= 4 is 5.65 Å². The van der Waals surface area contributed by atoms with Crippen molar-refractivity contribution in [2.75, 3.05) is 0 Å². The standard InChI is InChI=1S/C28H30F3N5O2/c1-17-11-27(12-17,25-34-33-16-35(25)5)20-8-6-7-19(10-20)21-13-32-23-22(28(29,30)31)9-18(14-36(23)24(21)37)15-38-26(2,3)4/h6-10,13-14,16-17H,11-12,15H2,1-5H3. The van der Waals surface area contributed by atoms with Crippen LogP contribution in [0.5, 0.6) is 0 Å². The van der Waals surface area contributed by atoms with Gasteiger partial charge in [-0.25, -0.2) is 4.98 Å². The van der Waals surface area contributed by atoms with E-state index in [0.29, 0.717) is 11.5 Å². The number of pyridine rings is 1. The van der Waals surface area contributed by atoms with Gasteiger partial charge in [-0.3, -0.25) is 9.20 Å². The second kappa shape index (κ2) is 9.04. The first-order valence-electron chi connectivity index (χ1n) is 12.5. The van der Waals surface area contributed by atoms with Gasteiger partial charge in [-0.2, -0.15) is 13.2 Å². The number of nitrogens with zero attached hydrogens (tertiary/aromatic N) is 5. The third-order valence-electron chi connectivity index (χ3n) is 7.10. The average molecular weight is 526 g/mol. The van der Waals surface area contributed by atoms with Gasteiger partial charge in [0.15, 0.2) is 5.65 Å². The van der Waals surface area contributed by atoms with Crippen molar-refractivity contribution in [2.45, 2.75) is 64.3 Å². The van der Waals surface area contributed by atoms with E-state index in [4.69, 9.17) is 4.74 Å². The first-order chi connectivity index (χ1) is 17.8. The smallest absolute Gasteiger partial charge is 0.371 e. The second-order valence-electron chi connectivity index (χ2n) is 11.3. The molecule has 7 nitrogen and oxygen atoms in total. The van der Waals surface area contributed by atoms with Crippen LogP contribution in [-0.2, 0) is 30.0 Å². The molecule has 10 heteroatoms. The molecule has 0 aliphatic heterocycles. The van der Waals surface area contributed by atoms with Gasteiger partial charge in [-0.05, 0) is 68.4 Å². The summed E-state index contributed by atoms with van der Waals surface area (Å²) in [5.74, 6) is 1.34. The van der Waals surface area contributed by atoms with Crippen LogP contribution in [0.25, 0.3) is 16.8 Å². The summed E-state index contributed by atoms with van der Waals surface area (Å²) in [4.78, 5) is 17.7. The first kappa shape index (κ1) is 26.1. The zero-order valence-corrected chi connectivity index (χ0v) is 22.0. The van der Waals surface area contributed by atoms with E-state index in [1.54, 1.807) is 12.4 Å². The van der Waals surface area contributed by atoms with Crippen LogP contribution >= 0.6 is 0 Å². The Morgan fingerprint density at radius 1 is 1.16 bits per heavy atom. The van der Waals surface area contributed by atoms with E-state index in [2.05, 4.69) is 22.1 Å². The number of fused-ring (bicyclic) bond motifs is 1. The monoisotopic (exact) mass is 525 g/mol. The topological polar surface area (TPSA) is 74.3 Å². The lowest BCUT2D eigenvalue weighted by molar-refractivity contribution is -0.136. The number of hydrogen-bond acceptors (Lipinski definition) is 5. The molecule has 0 atom stereocenters. The van der Waals surface area contributed by atoms with Crippen molar-refractivity contribution in [1.82, 2.24) is 24.1 Å². The minimum absolute atomic E-state index is 0.0763. The number of benzene rings is 1. The Balaban J connectivity index is 1.64. The molecule has 1 aromatic carbocycles. The fraction of sp³-hybridized carbons (Fsp3) is 0.429. The molecule has 38 heavy (non-hydrogen) atoms. The van der Waals surface area contributed by atoms with Crippen molar-refractivity contribution in [3.63, 3.8) is 0 Å². The van der Waals surface area contributed by atoms with Gasteiger partial charge in [0.1, 0.15) is 12.2 Å². The molecule has 0 N–H and O–H groups in total. The summed E-state index contributed by atoms with van der Waals surface area (Å²) in [5.41, 5.74) is -0.883. The van der Waals surface area contributed by atoms with Gasteiger partial charge in [-0.1, -0.05) is 25.1 Å². The molecule has 1 aliphatic carbocycles. The van der Waals surface area contributed by atoms with E-state index in [1.165, 1.54) is 12.4 Å². The SMILES string of the molecule is CC1CC(c2cccc(-c3cnc4c(C(F)(F)F)cc(COC(C)(C)C)cn4c3=O)c2)(c2nncn2C)C1. The van der Waals surface area contributed by atoms with Crippen molar-refractivity contribution in [3.8, 4) is 11.1 Å². The lowest BCUT2D eigenvalue weighted by Gasteiger charge is -2.46. The van der Waals surface area contributed by atoms with Crippen LogP contribution in [0.1, 0.15) is 63.1 Å². The van der Waals surface area contributed by atoms with Crippen LogP contribution < -0.4 is 5.56 Å². The van der Waals surface area contributed by atoms with E-state index >= 15 is 0 Å². The molecule has 3 aromatic heterocycles. The van der Waals surface area contributed by atoms with E-state index in [0.717, 1.165) is 34.7 Å². The normalized spacial score (nSPS) is 20.1. The highest BCUT2D eigenvalue weighted by atomic mass is 19.4. The minimum atomic E-state index is -4.69. The molecular formula is C28H30F3N5O2. The molecule has 0 unspecified atom stereocenters. The molecule has 4 aromatic rings. The first-order valence-corrected chi connectivity index (χ1v) is 12.5. The molecule has 1 aliphatic rings. The molecule has 5 rings (SSSR count). The summed E-state index contributed by atoms with van der Waals surface area (Å²) < 4.78 is 50.4. The fourth-order valence-electron chi connectivity index (χ4n) is 5.40. The molecular weight excluding hydrogens is 495 g/mol. The van der Waals surface area contributed by atoms with E-state index in [-0.39, 0.29) is 23.1 Å². The fourth-order valence-corrected chi connectivity index (χ4v) is 5.40. The van der Waals surface area contributed by atoms with E-state index in [9.17, 15) is 18.0 Å². The summed E-state index contributed by atoms with van der Waals surface area (Å²) in [6, 6.07) is 8.55. The maximum absolute atomic E-state index is 13.9. The number of rotatable bonds is 5. The highest BCUT2D eigenvalue weighted by molar-refractivity contribution is 5.66. The summed E-state index contributed by atoms with van der Waals surface area (Å²) >= 11 is 0. The van der Waals surface area contributed by atoms with Crippen molar-refractivity contribution in [2.24, 2.45) is 13.0 Å². The Bertz CT molecular complexity index is 1560. The average Bonchev–Trinajstić information content (AvgIpc) is 3.25. The maximum Gasteiger partial charge on any atom is 0.419 e. The molecule has 0 bridgehead atoms. The zero-order valence-electron chi connectivity index (χ0n) is 22.0. The van der Waals surface area contributed by atoms with Crippen molar-refractivity contribution in [1.29, 1.82) is 0 Å². The number of halogens is 3. The largest absolute Gasteiger partial charge is 0.419 e. The third-order valence-corrected chi connectivity index (χ3v) is 7.10. The van der Waals surface area contributed by atoms with Crippen molar-refractivity contribution < 1.29 is 17.9 Å². The predicted molar refractivity (Wildman–Crippen MR) is 137 cm³/mol. The van der Waals surface area contributed by atoms with Gasteiger partial charge in [0, 0.05) is 19.4 Å². The van der Waals surface area contributed by atoms with Crippen LogP contribution in [0.2, 0.25) is 0 Å². The highest BCUT2D eigenvalue weighted by Gasteiger charge is 2.48. The quantitative estimate of drug-likeness (QED) is 0.342. The number of aromatic nitrogens is 5. The van der Waals surface area contributed by atoms with Crippen LogP contribution in [0, 0.1) is 5.92 Å². The second-order valence-corrected chi connectivity index (χ2v) is 11.3. The van der Waals surface area contributed by atoms with Gasteiger partial charge in [0.2, 0.25) is 0 Å². The number of hydrogen-bond donors (Lipinski definition) is 0. The van der Waals surface area contributed by atoms with Crippen LogP contribution in [0.15, 0.2) is 53.8 Å². The summed E-state index contributed by atoms with van der Waals surface area (Å²) in [5, 5.41) is 8.44. The molecule has 0 radical (unpaired) electrons. The van der Waals surface area contributed by atoms with Gasteiger partial charge in [-0.15, -0.1) is 10.2 Å². The predicted octanol–water partition coefficient (Wildman–Crippen LogP) is 5.54. The Morgan fingerprint density at radius 2 is 1.89 bits per heavy atom. The Labute approximate surface area is 218 Å². The lowest BCUT2D eigenvalue weighted by Crippen LogP contribution is -2.43. The highest BCUT2D eigenvalue weighted by Crippen LogP contribution is 2.51.